The Hall–Kier alpha value is -1.78. The molecule has 0 saturated heterocycles. The lowest BCUT2D eigenvalue weighted by atomic mass is 10.2. The molecule has 0 aromatic heterocycles. The van der Waals surface area contributed by atoms with E-state index in [1.165, 1.54) is 0 Å². The summed E-state index contributed by atoms with van der Waals surface area (Å²) < 4.78 is 97.4. The molecule has 0 saturated carbocycles. The predicted molar refractivity (Wildman–Crippen MR) is 46.5 cm³/mol. The van der Waals surface area contributed by atoms with Gasteiger partial charge in [0.25, 0.3) is 9.84 Å². The van der Waals surface area contributed by atoms with Gasteiger partial charge in [-0.2, -0.15) is 13.2 Å². The molecule has 1 N–H and O–H groups in total. The van der Waals surface area contributed by atoms with Crippen molar-refractivity contribution >= 4 is 15.8 Å². The molecule has 0 bridgehead atoms. The predicted octanol–water partition coefficient (Wildman–Crippen LogP) is 2.10. The second kappa shape index (κ2) is 4.40. The van der Waals surface area contributed by atoms with Crippen LogP contribution in [0.3, 0.4) is 0 Å². The molecular formula is C8H2F6O4S. The third-order valence-corrected chi connectivity index (χ3v) is 3.43. The summed E-state index contributed by atoms with van der Waals surface area (Å²) >= 11 is 0. The maximum atomic E-state index is 13.3. The van der Waals surface area contributed by atoms with Crippen molar-refractivity contribution in [2.45, 2.75) is 10.4 Å². The van der Waals surface area contributed by atoms with Gasteiger partial charge in [-0.3, -0.25) is 0 Å². The summed E-state index contributed by atoms with van der Waals surface area (Å²) in [5.41, 5.74) is -7.85. The van der Waals surface area contributed by atoms with Crippen LogP contribution in [0, 0.1) is 17.5 Å². The van der Waals surface area contributed by atoms with Crippen LogP contribution in [0.4, 0.5) is 26.3 Å². The third kappa shape index (κ3) is 2.37. The molecular weight excluding hydrogens is 306 g/mol. The Balaban J connectivity index is 3.85. The van der Waals surface area contributed by atoms with Crippen molar-refractivity contribution < 1.29 is 44.7 Å². The molecule has 0 amide bonds. The monoisotopic (exact) mass is 308 g/mol. The molecule has 0 radical (unpaired) electrons. The number of alkyl halides is 3. The summed E-state index contributed by atoms with van der Waals surface area (Å²) in [6, 6.07) is -0.262. The van der Waals surface area contributed by atoms with Crippen LogP contribution < -0.4 is 0 Å². The highest BCUT2D eigenvalue weighted by Gasteiger charge is 2.51. The lowest BCUT2D eigenvalue weighted by Crippen LogP contribution is -2.26. The summed E-state index contributed by atoms with van der Waals surface area (Å²) in [6.07, 6.45) is 0. The second-order valence-corrected chi connectivity index (χ2v) is 5.00. The Labute approximate surface area is 101 Å². The van der Waals surface area contributed by atoms with E-state index in [1.807, 2.05) is 0 Å². The van der Waals surface area contributed by atoms with Gasteiger partial charge in [0.1, 0.15) is 0 Å². The number of hydrogen-bond donors (Lipinski definition) is 1. The average molecular weight is 308 g/mol. The molecule has 0 aliphatic carbocycles. The van der Waals surface area contributed by atoms with Crippen molar-refractivity contribution in [3.8, 4) is 0 Å². The van der Waals surface area contributed by atoms with Gasteiger partial charge >= 0.3 is 11.5 Å². The average Bonchev–Trinajstić information content (AvgIpc) is 2.21. The van der Waals surface area contributed by atoms with Gasteiger partial charge < -0.3 is 5.11 Å². The van der Waals surface area contributed by atoms with Crippen molar-refractivity contribution in [1.82, 2.24) is 0 Å². The molecule has 0 unspecified atom stereocenters. The summed E-state index contributed by atoms with van der Waals surface area (Å²) in [4.78, 5) is 7.73. The fourth-order valence-electron chi connectivity index (χ4n) is 1.09. The fraction of sp³-hybridized carbons (Fsp3) is 0.125. The molecule has 1 rings (SSSR count). The van der Waals surface area contributed by atoms with E-state index in [4.69, 9.17) is 5.11 Å². The van der Waals surface area contributed by atoms with Crippen LogP contribution >= 0.6 is 0 Å². The first-order chi connectivity index (χ1) is 8.41. The van der Waals surface area contributed by atoms with Crippen molar-refractivity contribution in [3.63, 3.8) is 0 Å². The summed E-state index contributed by atoms with van der Waals surface area (Å²) in [7, 11) is -6.57. The molecule has 0 fully saturated rings. The van der Waals surface area contributed by atoms with Crippen LogP contribution in [0.1, 0.15) is 10.4 Å². The largest absolute Gasteiger partial charge is 0.502 e. The molecule has 4 nitrogen and oxygen atoms in total. The SMILES string of the molecule is O=C(O)c1cc(F)c(F)c(S(=O)(=O)C(F)(F)F)c1F. The van der Waals surface area contributed by atoms with Crippen LogP contribution in [-0.4, -0.2) is 25.0 Å². The number of carbonyl (C=O) groups is 1. The zero-order chi connectivity index (χ0) is 15.2. The van der Waals surface area contributed by atoms with Gasteiger partial charge in [0.05, 0.1) is 5.56 Å². The Morgan fingerprint density at radius 3 is 1.95 bits per heavy atom. The van der Waals surface area contributed by atoms with Gasteiger partial charge in [-0.1, -0.05) is 0 Å². The molecule has 0 aliphatic rings. The van der Waals surface area contributed by atoms with Gasteiger partial charge in [-0.15, -0.1) is 0 Å². The van der Waals surface area contributed by atoms with E-state index in [2.05, 4.69) is 0 Å². The maximum absolute atomic E-state index is 13.3. The minimum absolute atomic E-state index is 0.262. The number of benzene rings is 1. The number of aromatic carboxylic acids is 1. The number of sulfone groups is 1. The molecule has 106 valence electrons. The van der Waals surface area contributed by atoms with Crippen LogP contribution in [0.5, 0.6) is 0 Å². The Morgan fingerprint density at radius 2 is 1.58 bits per heavy atom. The standard InChI is InChI=1S/C8H2F6O4S/c9-3-1-2(7(15)16)4(10)6(5(3)11)19(17,18)8(12,13)14/h1H,(H,15,16). The fourth-order valence-corrected chi connectivity index (χ4v) is 2.00. The minimum Gasteiger partial charge on any atom is -0.478 e. The maximum Gasteiger partial charge on any atom is 0.502 e. The van der Waals surface area contributed by atoms with Gasteiger partial charge in [0, 0.05) is 0 Å². The summed E-state index contributed by atoms with van der Waals surface area (Å²) in [5.74, 6) is -9.65. The van der Waals surface area contributed by atoms with E-state index in [9.17, 15) is 39.6 Å². The normalized spacial score (nSPS) is 12.5. The van der Waals surface area contributed by atoms with E-state index in [0.717, 1.165) is 0 Å². The van der Waals surface area contributed by atoms with Crippen LogP contribution in [0.25, 0.3) is 0 Å². The highest BCUT2D eigenvalue weighted by Crippen LogP contribution is 2.35. The highest BCUT2D eigenvalue weighted by molar-refractivity contribution is 7.92. The zero-order valence-corrected chi connectivity index (χ0v) is 9.24. The first kappa shape index (κ1) is 15.3. The van der Waals surface area contributed by atoms with Crippen LogP contribution in [-0.2, 0) is 9.84 Å². The molecule has 1 aromatic carbocycles. The number of hydrogen-bond acceptors (Lipinski definition) is 3. The lowest BCUT2D eigenvalue weighted by Gasteiger charge is -2.11. The van der Waals surface area contributed by atoms with Gasteiger partial charge in [0.15, 0.2) is 22.3 Å². The van der Waals surface area contributed by atoms with Crippen molar-refractivity contribution in [3.05, 3.63) is 29.1 Å². The third-order valence-electron chi connectivity index (χ3n) is 1.92. The first-order valence-electron chi connectivity index (χ1n) is 4.13. The quantitative estimate of drug-likeness (QED) is 0.671. The molecule has 0 heterocycles. The van der Waals surface area contributed by atoms with E-state index < -0.39 is 49.2 Å². The van der Waals surface area contributed by atoms with Crippen molar-refractivity contribution in [1.29, 1.82) is 0 Å². The number of rotatable bonds is 2. The number of carboxylic acid groups (broad SMARTS) is 1. The molecule has 0 atom stereocenters. The molecule has 1 aromatic rings. The Kier molecular flexibility index (Phi) is 3.54. The lowest BCUT2D eigenvalue weighted by molar-refractivity contribution is -0.0440. The number of carboxylic acids is 1. The molecule has 19 heavy (non-hydrogen) atoms. The number of halogens is 6. The summed E-state index contributed by atoms with van der Waals surface area (Å²) in [6.45, 7) is 0. The smallest absolute Gasteiger partial charge is 0.478 e. The highest BCUT2D eigenvalue weighted by atomic mass is 32.2. The van der Waals surface area contributed by atoms with E-state index in [0.29, 0.717) is 0 Å². The van der Waals surface area contributed by atoms with E-state index >= 15 is 0 Å². The van der Waals surface area contributed by atoms with Crippen molar-refractivity contribution in [2.24, 2.45) is 0 Å². The van der Waals surface area contributed by atoms with Crippen LogP contribution in [0.2, 0.25) is 0 Å². The van der Waals surface area contributed by atoms with Gasteiger partial charge in [-0.05, 0) is 6.07 Å². The molecule has 0 spiro atoms. The van der Waals surface area contributed by atoms with E-state index in [1.54, 1.807) is 0 Å². The Bertz CT molecular complexity index is 648. The first-order valence-corrected chi connectivity index (χ1v) is 5.61. The van der Waals surface area contributed by atoms with Crippen LogP contribution in [0.15, 0.2) is 11.0 Å². The molecule has 0 aliphatic heterocycles. The van der Waals surface area contributed by atoms with E-state index in [-0.39, 0.29) is 6.07 Å². The Morgan fingerprint density at radius 1 is 1.11 bits per heavy atom. The molecule has 11 heteroatoms. The van der Waals surface area contributed by atoms with Gasteiger partial charge in [0.2, 0.25) is 0 Å². The summed E-state index contributed by atoms with van der Waals surface area (Å²) in [5, 5.41) is 8.37. The second-order valence-electron chi connectivity index (χ2n) is 3.12. The van der Waals surface area contributed by atoms with Crippen molar-refractivity contribution in [2.75, 3.05) is 0 Å². The topological polar surface area (TPSA) is 71.4 Å². The van der Waals surface area contributed by atoms with Gasteiger partial charge in [-0.25, -0.2) is 26.4 Å². The zero-order valence-electron chi connectivity index (χ0n) is 8.43. The minimum atomic E-state index is -6.57.